The fourth-order valence-electron chi connectivity index (χ4n) is 9.85. The van der Waals surface area contributed by atoms with Crippen LogP contribution in [0.5, 0.6) is 5.75 Å². The molecule has 6 aliphatic rings. The van der Waals surface area contributed by atoms with Crippen LogP contribution in [-0.4, -0.2) is 107 Å². The van der Waals surface area contributed by atoms with E-state index in [2.05, 4.69) is 38.8 Å². The lowest BCUT2D eigenvalue weighted by molar-refractivity contribution is -0.0962. The molecule has 2 aliphatic carbocycles. The lowest BCUT2D eigenvalue weighted by atomic mass is 9.63. The van der Waals surface area contributed by atoms with Gasteiger partial charge >= 0.3 is 6.09 Å². The number of hydrogen-bond acceptors (Lipinski definition) is 9. The van der Waals surface area contributed by atoms with Gasteiger partial charge in [0, 0.05) is 62.4 Å². The van der Waals surface area contributed by atoms with E-state index in [0.717, 1.165) is 55.9 Å². The Morgan fingerprint density at radius 2 is 1.91 bits per heavy atom. The molecule has 0 radical (unpaired) electrons. The second-order valence-corrected chi connectivity index (χ2v) is 18.8. The molecule has 13 heteroatoms. The molecule has 2 saturated heterocycles. The third-order valence-corrected chi connectivity index (χ3v) is 15.4. The zero-order chi connectivity index (χ0) is 37.1. The highest BCUT2D eigenvalue weighted by molar-refractivity contribution is 7.90. The Hall–Kier alpha value is -3.32. The van der Waals surface area contributed by atoms with Crippen LogP contribution < -0.4 is 14.4 Å². The molecule has 2 amide bonds. The Bertz CT molecular complexity index is 1910. The average Bonchev–Trinajstić information content (AvgIpc) is 3.42. The first kappa shape index (κ1) is 36.6. The van der Waals surface area contributed by atoms with E-state index < -0.39 is 26.8 Å². The van der Waals surface area contributed by atoms with Gasteiger partial charge in [0.2, 0.25) is 10.0 Å². The van der Waals surface area contributed by atoms with E-state index in [1.807, 2.05) is 30.0 Å². The number of anilines is 1. The van der Waals surface area contributed by atoms with E-state index in [9.17, 15) is 18.0 Å². The second-order valence-electron chi connectivity index (χ2n) is 16.3. The third-order valence-electron chi connectivity index (χ3n) is 13.3. The highest BCUT2D eigenvalue weighted by Crippen LogP contribution is 2.49. The Morgan fingerprint density at radius 3 is 2.70 bits per heavy atom. The average molecular weight is 767 g/mol. The maximum Gasteiger partial charge on any atom is 0.410 e. The Kier molecular flexibility index (Phi) is 9.73. The molecule has 1 saturated carbocycles. The molecule has 3 fully saturated rings. The summed E-state index contributed by atoms with van der Waals surface area (Å²) >= 11 is 6.49. The second kappa shape index (κ2) is 14.1. The monoisotopic (exact) mass is 766 g/mol. The Balaban J connectivity index is 1.19. The number of sulfonamides is 1. The number of allylic oxidation sites excluding steroid dienone is 1. The van der Waals surface area contributed by atoms with Crippen molar-refractivity contribution < 1.29 is 32.2 Å². The number of ether oxygens (including phenoxy) is 3. The number of halogens is 1. The topological polar surface area (TPSA) is 118 Å². The standard InChI is InChI=1S/C40H51ClN4O7S/c1-26-6-4-15-40(50-3,24-43-16-17-45-32(21-43)22-51-38(45)47)34-11-8-30(34)20-44-23-39(14-5-7-28-18-31(41)10-12-33(28)39)25-52-36-13-9-29(19-35(36)44)37(46)42-53(48,49)27(26)2/h4,9-10,12-13,15,18-19,26-27,30,32,34H,5-8,11,14,16-17,20-25H2,1-3H3,(H,42,46)/b15-4-/t26-,27+,30-,32-,34+,39-,40+/m0/s1. The van der Waals surface area contributed by atoms with E-state index in [4.69, 9.17) is 25.8 Å². The zero-order valence-corrected chi connectivity index (χ0v) is 32.5. The van der Waals surface area contributed by atoms with E-state index in [-0.39, 0.29) is 40.9 Å². The summed E-state index contributed by atoms with van der Waals surface area (Å²) in [4.78, 5) is 32.6. The van der Waals surface area contributed by atoms with Gasteiger partial charge in [0.25, 0.3) is 5.91 Å². The number of carbonyl (C=O) groups excluding carboxylic acids is 2. The molecule has 0 aromatic heterocycles. The van der Waals surface area contributed by atoms with Crippen LogP contribution in [0, 0.1) is 17.8 Å². The number of piperazine rings is 1. The molecule has 1 spiro atoms. The Morgan fingerprint density at radius 1 is 1.06 bits per heavy atom. The minimum Gasteiger partial charge on any atom is -0.490 e. The molecule has 1 N–H and O–H groups in total. The van der Waals surface area contributed by atoms with Crippen molar-refractivity contribution in [2.24, 2.45) is 17.8 Å². The summed E-state index contributed by atoms with van der Waals surface area (Å²) < 4.78 is 48.3. The number of carbonyl (C=O) groups is 2. The molecule has 4 aliphatic heterocycles. The predicted molar refractivity (Wildman–Crippen MR) is 203 cm³/mol. The quantitative estimate of drug-likeness (QED) is 0.410. The molecule has 0 unspecified atom stereocenters. The summed E-state index contributed by atoms with van der Waals surface area (Å²) in [6.45, 7) is 8.55. The smallest absolute Gasteiger partial charge is 0.410 e. The number of amides is 2. The molecule has 4 heterocycles. The Labute approximate surface area is 318 Å². The van der Waals surface area contributed by atoms with Crippen molar-refractivity contribution in [1.82, 2.24) is 14.5 Å². The third kappa shape index (κ3) is 6.72. The van der Waals surface area contributed by atoms with Crippen LogP contribution in [0.1, 0.15) is 67.4 Å². The number of methoxy groups -OCH3 is 1. The molecule has 53 heavy (non-hydrogen) atoms. The van der Waals surface area contributed by atoms with Gasteiger partial charge in [0.1, 0.15) is 18.0 Å². The molecule has 286 valence electrons. The van der Waals surface area contributed by atoms with Crippen LogP contribution in [0.3, 0.4) is 0 Å². The number of benzene rings is 2. The molecule has 2 aromatic rings. The van der Waals surface area contributed by atoms with Crippen molar-refractivity contribution >= 4 is 39.3 Å². The van der Waals surface area contributed by atoms with Crippen molar-refractivity contribution in [3.63, 3.8) is 0 Å². The van der Waals surface area contributed by atoms with Gasteiger partial charge in [-0.05, 0) is 105 Å². The van der Waals surface area contributed by atoms with Crippen LogP contribution in [0.4, 0.5) is 10.5 Å². The van der Waals surface area contributed by atoms with Gasteiger partial charge in [-0.3, -0.25) is 14.6 Å². The molecular formula is C40H51ClN4O7S. The lowest BCUT2D eigenvalue weighted by Gasteiger charge is -2.52. The van der Waals surface area contributed by atoms with Gasteiger partial charge in [-0.1, -0.05) is 36.7 Å². The normalized spacial score (nSPS) is 34.8. The van der Waals surface area contributed by atoms with Crippen molar-refractivity contribution in [1.29, 1.82) is 0 Å². The lowest BCUT2D eigenvalue weighted by Crippen LogP contribution is -2.60. The fraction of sp³-hybridized carbons (Fsp3) is 0.600. The highest BCUT2D eigenvalue weighted by atomic mass is 35.5. The van der Waals surface area contributed by atoms with Gasteiger partial charge in [-0.15, -0.1) is 0 Å². The summed E-state index contributed by atoms with van der Waals surface area (Å²) in [5, 5.41) is -0.0847. The summed E-state index contributed by atoms with van der Waals surface area (Å²) in [6.07, 6.45) is 9.48. The molecule has 2 aromatic carbocycles. The minimum absolute atomic E-state index is 0.0195. The van der Waals surface area contributed by atoms with Crippen molar-refractivity contribution in [2.75, 3.05) is 64.5 Å². The maximum absolute atomic E-state index is 13.6. The van der Waals surface area contributed by atoms with E-state index in [1.165, 1.54) is 11.1 Å². The first-order valence-corrected chi connectivity index (χ1v) is 21.1. The van der Waals surface area contributed by atoms with Crippen LogP contribution in [0.25, 0.3) is 0 Å². The van der Waals surface area contributed by atoms with Crippen molar-refractivity contribution in [3.05, 3.63) is 70.3 Å². The minimum atomic E-state index is -3.99. The number of cyclic esters (lactones) is 1. The van der Waals surface area contributed by atoms with Crippen molar-refractivity contribution in [2.45, 2.75) is 74.7 Å². The molecule has 7 atom stereocenters. The fourth-order valence-corrected chi connectivity index (χ4v) is 11.3. The number of nitrogens with zero attached hydrogens (tertiary/aromatic N) is 3. The maximum atomic E-state index is 13.6. The van der Waals surface area contributed by atoms with Gasteiger partial charge in [-0.2, -0.15) is 0 Å². The number of rotatable bonds is 3. The van der Waals surface area contributed by atoms with Crippen LogP contribution in [-0.2, 0) is 31.3 Å². The van der Waals surface area contributed by atoms with Gasteiger partial charge in [-0.25, -0.2) is 17.9 Å². The van der Waals surface area contributed by atoms with Gasteiger partial charge in [0.15, 0.2) is 0 Å². The van der Waals surface area contributed by atoms with Crippen LogP contribution in [0.2, 0.25) is 5.02 Å². The largest absolute Gasteiger partial charge is 0.490 e. The molecule has 11 nitrogen and oxygen atoms in total. The summed E-state index contributed by atoms with van der Waals surface area (Å²) in [7, 11) is -2.19. The summed E-state index contributed by atoms with van der Waals surface area (Å²) in [5.74, 6) is 0.239. The van der Waals surface area contributed by atoms with Gasteiger partial charge < -0.3 is 19.1 Å². The van der Waals surface area contributed by atoms with Gasteiger partial charge in [0.05, 0.1) is 23.6 Å². The number of nitrogens with one attached hydrogen (secondary N) is 1. The highest BCUT2D eigenvalue weighted by Gasteiger charge is 2.51. The van der Waals surface area contributed by atoms with Crippen LogP contribution >= 0.6 is 11.6 Å². The van der Waals surface area contributed by atoms with E-state index in [1.54, 1.807) is 20.1 Å². The zero-order valence-electron chi connectivity index (χ0n) is 30.9. The van der Waals surface area contributed by atoms with E-state index in [0.29, 0.717) is 51.6 Å². The SMILES string of the molecule is CO[C@@]1(CN2CCN3C(=O)OC[C@@H]3C2)/C=C\C[C@H](C)[C@@H](C)S(=O)(=O)NC(=O)c2ccc3c(c2)N(C[C@@H]2CC[C@H]21)C[C@@]1(CCCc2cc(Cl)ccc21)CO3. The number of aryl methyl sites for hydroxylation is 1. The number of hydrogen-bond donors (Lipinski definition) is 1. The predicted octanol–water partition coefficient (Wildman–Crippen LogP) is 5.41. The van der Waals surface area contributed by atoms with Crippen LogP contribution in [0.15, 0.2) is 48.6 Å². The molecule has 2 bridgehead atoms. The first-order valence-electron chi connectivity index (χ1n) is 19.2. The summed E-state index contributed by atoms with van der Waals surface area (Å²) in [6, 6.07) is 11.5. The number of fused-ring (bicyclic) bond motifs is 5. The van der Waals surface area contributed by atoms with Crippen molar-refractivity contribution in [3.8, 4) is 5.75 Å². The van der Waals surface area contributed by atoms with E-state index >= 15 is 0 Å². The first-order chi connectivity index (χ1) is 25.4. The molecule has 8 rings (SSSR count). The molecular weight excluding hydrogens is 716 g/mol. The summed E-state index contributed by atoms with van der Waals surface area (Å²) in [5.41, 5.74) is 2.65.